The molecule has 0 bridgehead atoms. The number of aromatic amines is 1. The fourth-order valence-corrected chi connectivity index (χ4v) is 5.15. The van der Waals surface area contributed by atoms with Gasteiger partial charge in [-0.15, -0.1) is 0 Å². The van der Waals surface area contributed by atoms with E-state index in [1.165, 1.54) is 18.3 Å². The number of hydrogen-bond acceptors (Lipinski definition) is 6. The van der Waals surface area contributed by atoms with Crippen molar-refractivity contribution in [2.75, 3.05) is 26.1 Å². The molecule has 0 spiro atoms. The predicted octanol–water partition coefficient (Wildman–Crippen LogP) is 3.59. The van der Waals surface area contributed by atoms with Crippen molar-refractivity contribution in [3.8, 4) is 11.4 Å². The summed E-state index contributed by atoms with van der Waals surface area (Å²) < 4.78 is 44.0. The first-order valence-corrected chi connectivity index (χ1v) is 13.2. The number of hydrogen-bond donors (Lipinski definition) is 3. The standard InChI is InChI=1S/C25H29FN2O5S/c1-34(31,32)25-7-3-17(13-20(25)26)19(12-16-8-10-33-11-9-16)21-5-6-23(28-21)22-4-2-18(14-27-22)24(30)15-29/h2-7,13-14,16,19,24,28-30H,8-12,15H2,1H3. The molecule has 3 heterocycles. The van der Waals surface area contributed by atoms with E-state index in [-0.39, 0.29) is 17.4 Å². The van der Waals surface area contributed by atoms with Crippen LogP contribution in [-0.2, 0) is 14.6 Å². The third kappa shape index (κ3) is 5.55. The number of benzene rings is 1. The molecule has 3 N–H and O–H groups in total. The van der Waals surface area contributed by atoms with E-state index in [1.54, 1.807) is 18.2 Å². The summed E-state index contributed by atoms with van der Waals surface area (Å²) in [4.78, 5) is 7.48. The maximum Gasteiger partial charge on any atom is 0.178 e. The smallest absolute Gasteiger partial charge is 0.178 e. The lowest BCUT2D eigenvalue weighted by atomic mass is 9.83. The molecule has 4 rings (SSSR count). The topological polar surface area (TPSA) is 113 Å². The number of nitrogens with one attached hydrogen (secondary N) is 1. The van der Waals surface area contributed by atoms with Gasteiger partial charge in [-0.25, -0.2) is 12.8 Å². The number of aliphatic hydroxyl groups excluding tert-OH is 2. The largest absolute Gasteiger partial charge is 0.393 e. The van der Waals surface area contributed by atoms with Crippen molar-refractivity contribution in [2.45, 2.75) is 36.2 Å². The predicted molar refractivity (Wildman–Crippen MR) is 126 cm³/mol. The molecule has 2 aromatic heterocycles. The van der Waals surface area contributed by atoms with E-state index in [0.717, 1.165) is 36.9 Å². The summed E-state index contributed by atoms with van der Waals surface area (Å²) in [6.07, 6.45) is 4.16. The highest BCUT2D eigenvalue weighted by Crippen LogP contribution is 2.36. The number of ether oxygens (including phenoxy) is 1. The van der Waals surface area contributed by atoms with Crippen molar-refractivity contribution in [2.24, 2.45) is 5.92 Å². The van der Waals surface area contributed by atoms with E-state index in [0.29, 0.717) is 36.0 Å². The van der Waals surface area contributed by atoms with Gasteiger partial charge in [0.2, 0.25) is 0 Å². The molecule has 3 aromatic rings. The zero-order valence-corrected chi connectivity index (χ0v) is 19.8. The highest BCUT2D eigenvalue weighted by Gasteiger charge is 2.25. The summed E-state index contributed by atoms with van der Waals surface area (Å²) in [5.74, 6) is -0.501. The Balaban J connectivity index is 1.66. The average Bonchev–Trinajstić information content (AvgIpc) is 3.32. The highest BCUT2D eigenvalue weighted by atomic mass is 32.2. The highest BCUT2D eigenvalue weighted by molar-refractivity contribution is 7.90. The summed E-state index contributed by atoms with van der Waals surface area (Å²) in [6.45, 7) is 1.02. The molecule has 2 atom stereocenters. The zero-order valence-electron chi connectivity index (χ0n) is 18.9. The van der Waals surface area contributed by atoms with Crippen LogP contribution in [0.2, 0.25) is 0 Å². The van der Waals surface area contributed by atoms with Gasteiger partial charge in [0.1, 0.15) is 16.8 Å². The lowest BCUT2D eigenvalue weighted by molar-refractivity contribution is 0.0626. The molecule has 0 amide bonds. The Morgan fingerprint density at radius 3 is 2.50 bits per heavy atom. The molecule has 34 heavy (non-hydrogen) atoms. The van der Waals surface area contributed by atoms with Crippen LogP contribution >= 0.6 is 0 Å². The quantitative estimate of drug-likeness (QED) is 0.447. The van der Waals surface area contributed by atoms with Crippen LogP contribution in [0.4, 0.5) is 4.39 Å². The van der Waals surface area contributed by atoms with E-state index in [4.69, 9.17) is 9.84 Å². The van der Waals surface area contributed by atoms with Gasteiger partial charge in [0.15, 0.2) is 9.84 Å². The average molecular weight is 489 g/mol. The lowest BCUT2D eigenvalue weighted by Crippen LogP contribution is -2.19. The van der Waals surface area contributed by atoms with E-state index < -0.39 is 21.8 Å². The third-order valence-electron chi connectivity index (χ3n) is 6.37. The molecule has 7 nitrogen and oxygen atoms in total. The Labute approximate surface area is 198 Å². The second kappa shape index (κ2) is 10.4. The van der Waals surface area contributed by atoms with Gasteiger partial charge in [-0.1, -0.05) is 12.1 Å². The second-order valence-corrected chi connectivity index (χ2v) is 10.8. The summed E-state index contributed by atoms with van der Waals surface area (Å²) >= 11 is 0. The minimum absolute atomic E-state index is 0.157. The van der Waals surface area contributed by atoms with Gasteiger partial charge < -0.3 is 19.9 Å². The number of halogens is 1. The number of H-pyrrole nitrogens is 1. The van der Waals surface area contributed by atoms with Crippen LogP contribution in [0.15, 0.2) is 53.6 Å². The minimum Gasteiger partial charge on any atom is -0.393 e. The second-order valence-electron chi connectivity index (χ2n) is 8.81. The molecule has 1 aliphatic heterocycles. The van der Waals surface area contributed by atoms with Crippen LogP contribution in [0.1, 0.15) is 48.1 Å². The van der Waals surface area contributed by atoms with Gasteiger partial charge in [0.05, 0.1) is 18.0 Å². The van der Waals surface area contributed by atoms with Crippen molar-refractivity contribution < 1.29 is 27.8 Å². The zero-order chi connectivity index (χ0) is 24.3. The van der Waals surface area contributed by atoms with Gasteiger partial charge in [-0.2, -0.15) is 0 Å². The van der Waals surface area contributed by atoms with Crippen molar-refractivity contribution in [3.05, 3.63) is 71.3 Å². The molecule has 1 aliphatic rings. The molecular weight excluding hydrogens is 459 g/mol. The number of sulfone groups is 1. The summed E-state index contributed by atoms with van der Waals surface area (Å²) in [5.41, 5.74) is 3.55. The fourth-order valence-electron chi connectivity index (χ4n) is 4.42. The first kappa shape index (κ1) is 24.5. The van der Waals surface area contributed by atoms with E-state index in [1.807, 2.05) is 12.1 Å². The third-order valence-corrected chi connectivity index (χ3v) is 7.50. The van der Waals surface area contributed by atoms with Crippen molar-refractivity contribution in [1.29, 1.82) is 0 Å². The number of aliphatic hydroxyl groups is 2. The summed E-state index contributed by atoms with van der Waals surface area (Å²) in [5, 5.41) is 18.9. The maximum absolute atomic E-state index is 14.7. The molecule has 9 heteroatoms. The summed E-state index contributed by atoms with van der Waals surface area (Å²) in [7, 11) is -3.65. The molecule has 0 radical (unpaired) electrons. The number of nitrogens with zero attached hydrogens (tertiary/aromatic N) is 1. The Hall–Kier alpha value is -2.59. The lowest BCUT2D eigenvalue weighted by Gasteiger charge is -2.27. The number of aromatic nitrogens is 2. The first-order chi connectivity index (χ1) is 16.3. The van der Waals surface area contributed by atoms with Crippen molar-refractivity contribution >= 4 is 9.84 Å². The van der Waals surface area contributed by atoms with Gasteiger partial charge in [0.25, 0.3) is 0 Å². The molecule has 0 saturated carbocycles. The maximum atomic E-state index is 14.7. The van der Waals surface area contributed by atoms with Crippen LogP contribution < -0.4 is 0 Å². The molecule has 2 unspecified atom stereocenters. The SMILES string of the molecule is CS(=O)(=O)c1ccc(C(CC2CCOCC2)c2ccc(-c3ccc(C(O)CO)cn3)[nH]2)cc1F. The van der Waals surface area contributed by atoms with Gasteiger partial charge in [-0.05, 0) is 61.1 Å². The molecule has 1 fully saturated rings. The van der Waals surface area contributed by atoms with Crippen molar-refractivity contribution in [1.82, 2.24) is 9.97 Å². The van der Waals surface area contributed by atoms with E-state index in [9.17, 15) is 17.9 Å². The molecule has 0 aliphatic carbocycles. The van der Waals surface area contributed by atoms with Gasteiger partial charge in [0, 0.05) is 42.8 Å². The van der Waals surface area contributed by atoms with E-state index >= 15 is 0 Å². The van der Waals surface area contributed by atoms with Crippen molar-refractivity contribution in [3.63, 3.8) is 0 Å². The number of pyridine rings is 1. The monoisotopic (exact) mass is 488 g/mol. The van der Waals surface area contributed by atoms with Crippen LogP contribution in [-0.4, -0.2) is 54.7 Å². The van der Waals surface area contributed by atoms with Gasteiger partial charge in [-0.3, -0.25) is 4.98 Å². The normalized spacial score (nSPS) is 16.9. The Morgan fingerprint density at radius 1 is 1.15 bits per heavy atom. The molecular formula is C25H29FN2O5S. The number of rotatable bonds is 8. The molecule has 1 saturated heterocycles. The van der Waals surface area contributed by atoms with Crippen LogP contribution in [0.5, 0.6) is 0 Å². The Morgan fingerprint density at radius 2 is 1.88 bits per heavy atom. The van der Waals surface area contributed by atoms with Gasteiger partial charge >= 0.3 is 0 Å². The molecule has 182 valence electrons. The Bertz CT molecular complexity index is 1220. The van der Waals surface area contributed by atoms with Crippen LogP contribution in [0.25, 0.3) is 11.4 Å². The first-order valence-electron chi connectivity index (χ1n) is 11.3. The van der Waals surface area contributed by atoms with Crippen LogP contribution in [0, 0.1) is 11.7 Å². The Kier molecular flexibility index (Phi) is 7.47. The fraction of sp³-hybridized carbons (Fsp3) is 0.400. The van der Waals surface area contributed by atoms with Crippen LogP contribution in [0.3, 0.4) is 0 Å². The van der Waals surface area contributed by atoms with E-state index in [2.05, 4.69) is 9.97 Å². The molecule has 1 aromatic carbocycles. The summed E-state index contributed by atoms with van der Waals surface area (Å²) in [6, 6.07) is 11.7. The minimum atomic E-state index is -3.65.